The first-order valence-corrected chi connectivity index (χ1v) is 8.00. The molecule has 0 spiro atoms. The molecule has 0 bridgehead atoms. The maximum Gasteiger partial charge on any atom is 0.344 e. The lowest BCUT2D eigenvalue weighted by Crippen LogP contribution is -2.24. The van der Waals surface area contributed by atoms with Crippen LogP contribution < -0.4 is 10.1 Å². The van der Waals surface area contributed by atoms with E-state index < -0.39 is 36.7 Å². The molecule has 0 aliphatic rings. The molecule has 0 aliphatic carbocycles. The molecule has 0 aromatic heterocycles. The number of rotatable bonds is 6. The van der Waals surface area contributed by atoms with Crippen LogP contribution in [0.5, 0.6) is 5.75 Å². The van der Waals surface area contributed by atoms with Crippen molar-refractivity contribution in [1.82, 2.24) is 0 Å². The minimum Gasteiger partial charge on any atom is -0.481 e. The van der Waals surface area contributed by atoms with E-state index in [0.717, 1.165) is 18.2 Å². The predicted octanol–water partition coefficient (Wildman–Crippen LogP) is 3.94. The van der Waals surface area contributed by atoms with Gasteiger partial charge in [0.1, 0.15) is 17.4 Å². The molecule has 0 unspecified atom stereocenters. The number of hydrogen-bond acceptors (Lipinski definition) is 4. The van der Waals surface area contributed by atoms with Gasteiger partial charge in [0.2, 0.25) is 0 Å². The molecule has 0 heterocycles. The van der Waals surface area contributed by atoms with Gasteiger partial charge in [-0.05, 0) is 46.3 Å². The minimum absolute atomic E-state index is 0.345. The molecular formula is C16H11BrClF2NO4. The topological polar surface area (TPSA) is 64.6 Å². The van der Waals surface area contributed by atoms with Gasteiger partial charge in [0, 0.05) is 11.1 Å². The largest absolute Gasteiger partial charge is 0.481 e. The molecule has 5 nitrogen and oxygen atoms in total. The Morgan fingerprint density at radius 2 is 1.88 bits per heavy atom. The second-order valence-corrected chi connectivity index (χ2v) is 5.99. The van der Waals surface area contributed by atoms with E-state index in [4.69, 9.17) is 21.1 Å². The molecule has 25 heavy (non-hydrogen) atoms. The van der Waals surface area contributed by atoms with Crippen LogP contribution in [-0.4, -0.2) is 25.1 Å². The van der Waals surface area contributed by atoms with Crippen molar-refractivity contribution in [3.8, 4) is 5.75 Å². The van der Waals surface area contributed by atoms with Crippen molar-refractivity contribution in [2.75, 3.05) is 18.5 Å². The zero-order chi connectivity index (χ0) is 18.4. The van der Waals surface area contributed by atoms with Crippen LogP contribution in [0.3, 0.4) is 0 Å². The number of anilines is 1. The second kappa shape index (κ2) is 8.77. The minimum atomic E-state index is -0.814. The fourth-order valence-corrected chi connectivity index (χ4v) is 2.49. The first-order valence-electron chi connectivity index (χ1n) is 6.83. The summed E-state index contributed by atoms with van der Waals surface area (Å²) in [5.41, 5.74) is -0.345. The van der Waals surface area contributed by atoms with Crippen LogP contribution in [0.4, 0.5) is 14.5 Å². The fourth-order valence-electron chi connectivity index (χ4n) is 1.70. The van der Waals surface area contributed by atoms with Crippen molar-refractivity contribution in [3.63, 3.8) is 0 Å². The van der Waals surface area contributed by atoms with Crippen LogP contribution >= 0.6 is 27.5 Å². The Hall–Kier alpha value is -2.19. The number of carbonyl (C=O) groups is 2. The van der Waals surface area contributed by atoms with Crippen molar-refractivity contribution < 1.29 is 27.8 Å². The molecule has 0 fully saturated rings. The van der Waals surface area contributed by atoms with Crippen molar-refractivity contribution in [3.05, 3.63) is 57.5 Å². The summed E-state index contributed by atoms with van der Waals surface area (Å²) >= 11 is 9.00. The molecule has 9 heteroatoms. The van der Waals surface area contributed by atoms with Crippen LogP contribution in [0, 0.1) is 11.6 Å². The number of carbonyl (C=O) groups excluding carboxylic acids is 2. The maximum atomic E-state index is 13.4. The zero-order valence-corrected chi connectivity index (χ0v) is 14.9. The van der Waals surface area contributed by atoms with Gasteiger partial charge in [-0.2, -0.15) is 0 Å². The van der Waals surface area contributed by atoms with Crippen LogP contribution in [0.25, 0.3) is 0 Å². The van der Waals surface area contributed by atoms with Crippen LogP contribution in [0.15, 0.2) is 40.9 Å². The van der Waals surface area contributed by atoms with Gasteiger partial charge in [0.15, 0.2) is 13.2 Å². The van der Waals surface area contributed by atoms with Crippen molar-refractivity contribution in [2.24, 2.45) is 0 Å². The summed E-state index contributed by atoms with van der Waals surface area (Å²) in [6.07, 6.45) is 0. The lowest BCUT2D eigenvalue weighted by atomic mass is 10.3. The molecule has 2 aromatic carbocycles. The standard InChI is InChI=1S/C16H11BrClF2NO4/c17-11-5-9(18)1-4-14(11)24-8-16(23)25-7-15(22)21-13-6-10(19)2-3-12(13)20/h1-6H,7-8H2,(H,21,22). The Morgan fingerprint density at radius 1 is 1.12 bits per heavy atom. The summed E-state index contributed by atoms with van der Waals surface area (Å²) in [6.45, 7) is -1.11. The molecule has 0 aliphatic heterocycles. The highest BCUT2D eigenvalue weighted by Crippen LogP contribution is 2.27. The Kier molecular flexibility index (Phi) is 6.72. The van der Waals surface area contributed by atoms with Gasteiger partial charge in [-0.25, -0.2) is 13.6 Å². The Labute approximate surface area is 155 Å². The van der Waals surface area contributed by atoms with E-state index in [0.29, 0.717) is 15.2 Å². The zero-order valence-electron chi connectivity index (χ0n) is 12.5. The molecule has 1 amide bonds. The van der Waals surface area contributed by atoms with Crippen molar-refractivity contribution in [1.29, 1.82) is 0 Å². The molecule has 132 valence electrons. The summed E-state index contributed by atoms with van der Waals surface area (Å²) in [6, 6.07) is 7.32. The Bertz CT molecular complexity index is 804. The summed E-state index contributed by atoms with van der Waals surface area (Å²) in [4.78, 5) is 23.2. The fraction of sp³-hybridized carbons (Fsp3) is 0.125. The van der Waals surface area contributed by atoms with Gasteiger partial charge in [0.05, 0.1) is 10.2 Å². The average molecular weight is 435 g/mol. The van der Waals surface area contributed by atoms with Gasteiger partial charge in [-0.1, -0.05) is 11.6 Å². The highest BCUT2D eigenvalue weighted by atomic mass is 79.9. The number of esters is 1. The highest BCUT2D eigenvalue weighted by molar-refractivity contribution is 9.10. The maximum absolute atomic E-state index is 13.4. The molecule has 0 saturated heterocycles. The van der Waals surface area contributed by atoms with E-state index >= 15 is 0 Å². The average Bonchev–Trinajstić information content (AvgIpc) is 2.55. The van der Waals surface area contributed by atoms with E-state index in [1.165, 1.54) is 0 Å². The van der Waals surface area contributed by atoms with Crippen molar-refractivity contribution in [2.45, 2.75) is 0 Å². The predicted molar refractivity (Wildman–Crippen MR) is 90.6 cm³/mol. The third-order valence-corrected chi connectivity index (χ3v) is 3.66. The number of halogens is 4. The lowest BCUT2D eigenvalue weighted by molar-refractivity contribution is -0.149. The monoisotopic (exact) mass is 433 g/mol. The van der Waals surface area contributed by atoms with Crippen molar-refractivity contribution >= 4 is 45.1 Å². The van der Waals surface area contributed by atoms with Crippen LogP contribution in [0.2, 0.25) is 5.02 Å². The first kappa shape index (κ1) is 19.1. The first-order chi connectivity index (χ1) is 11.8. The van der Waals surface area contributed by atoms with E-state index in [1.807, 2.05) is 0 Å². The second-order valence-electron chi connectivity index (χ2n) is 4.70. The third kappa shape index (κ3) is 5.99. The van der Waals surface area contributed by atoms with Gasteiger partial charge in [-0.15, -0.1) is 0 Å². The molecule has 0 atom stereocenters. The SMILES string of the molecule is O=C(COC(=O)COc1ccc(Cl)cc1Br)Nc1cc(F)ccc1F. The molecule has 0 radical (unpaired) electrons. The summed E-state index contributed by atoms with van der Waals surface area (Å²) < 4.78 is 36.8. The van der Waals surface area contributed by atoms with Gasteiger partial charge >= 0.3 is 5.97 Å². The Balaban J connectivity index is 1.79. The number of nitrogens with one attached hydrogen (secondary N) is 1. The summed E-state index contributed by atoms with van der Waals surface area (Å²) in [5, 5.41) is 2.59. The van der Waals surface area contributed by atoms with E-state index in [1.54, 1.807) is 18.2 Å². The van der Waals surface area contributed by atoms with E-state index in [-0.39, 0.29) is 5.69 Å². The molecular weight excluding hydrogens is 424 g/mol. The van der Waals surface area contributed by atoms with Crippen LogP contribution in [0.1, 0.15) is 0 Å². The van der Waals surface area contributed by atoms with Gasteiger partial charge in [0.25, 0.3) is 5.91 Å². The number of benzene rings is 2. The third-order valence-electron chi connectivity index (χ3n) is 2.81. The van der Waals surface area contributed by atoms with E-state index in [2.05, 4.69) is 21.2 Å². The molecule has 1 N–H and O–H groups in total. The highest BCUT2D eigenvalue weighted by Gasteiger charge is 2.12. The molecule has 2 aromatic rings. The molecule has 0 saturated carbocycles. The summed E-state index contributed by atoms with van der Waals surface area (Å²) in [7, 11) is 0. The number of ether oxygens (including phenoxy) is 2. The number of hydrogen-bond donors (Lipinski definition) is 1. The Morgan fingerprint density at radius 3 is 2.60 bits per heavy atom. The molecule has 2 rings (SSSR count). The van der Waals surface area contributed by atoms with Gasteiger partial charge in [-0.3, -0.25) is 4.79 Å². The smallest absolute Gasteiger partial charge is 0.344 e. The normalized spacial score (nSPS) is 10.2. The quantitative estimate of drug-likeness (QED) is 0.700. The van der Waals surface area contributed by atoms with E-state index in [9.17, 15) is 18.4 Å². The van der Waals surface area contributed by atoms with Gasteiger partial charge < -0.3 is 14.8 Å². The number of amides is 1. The lowest BCUT2D eigenvalue weighted by Gasteiger charge is -2.09. The summed E-state index contributed by atoms with van der Waals surface area (Å²) in [5.74, 6) is -2.78. The van der Waals surface area contributed by atoms with Crippen LogP contribution in [-0.2, 0) is 14.3 Å².